The molecule has 0 spiro atoms. The molecular formula is C42H83NO6. The number of nitrogens with zero attached hydrogens (tertiary/aromatic N) is 1. The maximum atomic E-state index is 12.9. The maximum absolute atomic E-state index is 12.9. The smallest absolute Gasteiger partial charge is 0.465 e. The molecule has 0 heterocycles. The number of carbonyl (C=O) groups is 2. The van der Waals surface area contributed by atoms with Crippen molar-refractivity contribution in [1.29, 1.82) is 0 Å². The third-order valence-electron chi connectivity index (χ3n) is 9.79. The number of aliphatic hydroxyl groups is 1. The Balaban J connectivity index is 4.10. The van der Waals surface area contributed by atoms with Crippen molar-refractivity contribution in [3.05, 3.63) is 0 Å². The molecule has 0 aromatic carbocycles. The summed E-state index contributed by atoms with van der Waals surface area (Å²) in [6, 6.07) is 0. The molecule has 0 aliphatic carbocycles. The lowest BCUT2D eigenvalue weighted by atomic mass is 9.94. The van der Waals surface area contributed by atoms with Gasteiger partial charge in [0.05, 0.1) is 25.7 Å². The Kier molecular flexibility index (Phi) is 36.9. The van der Waals surface area contributed by atoms with E-state index < -0.39 is 6.16 Å². The molecule has 0 radical (unpaired) electrons. The summed E-state index contributed by atoms with van der Waals surface area (Å²) in [5.74, 6) is 0.118. The first kappa shape index (κ1) is 47.7. The summed E-state index contributed by atoms with van der Waals surface area (Å²) in [4.78, 5) is 27.5. The molecule has 1 N–H and O–H groups in total. The van der Waals surface area contributed by atoms with Crippen molar-refractivity contribution >= 4 is 12.1 Å². The normalized spacial score (nSPS) is 12.1. The predicted octanol–water partition coefficient (Wildman–Crippen LogP) is 12.0. The fraction of sp³-hybridized carbons (Fsp3) is 0.952. The van der Waals surface area contributed by atoms with Crippen molar-refractivity contribution in [2.45, 2.75) is 214 Å². The zero-order chi connectivity index (χ0) is 36.0. The molecular weight excluding hydrogens is 614 g/mol. The Morgan fingerprint density at radius 3 is 1.43 bits per heavy atom. The van der Waals surface area contributed by atoms with Gasteiger partial charge in [-0.2, -0.15) is 0 Å². The lowest BCUT2D eigenvalue weighted by molar-refractivity contribution is -0.149. The molecule has 0 rings (SSSR count). The first-order valence-electron chi connectivity index (χ1n) is 21.3. The minimum Gasteiger partial charge on any atom is -0.465 e. The van der Waals surface area contributed by atoms with E-state index in [-0.39, 0.29) is 24.6 Å². The molecule has 0 aliphatic heterocycles. The van der Waals surface area contributed by atoms with E-state index in [0.29, 0.717) is 19.8 Å². The zero-order valence-corrected chi connectivity index (χ0v) is 33.1. The highest BCUT2D eigenvalue weighted by Crippen LogP contribution is 2.21. The number of hydrogen-bond donors (Lipinski definition) is 1. The van der Waals surface area contributed by atoms with Crippen molar-refractivity contribution < 1.29 is 28.9 Å². The molecule has 7 heteroatoms. The number of rotatable bonds is 38. The van der Waals surface area contributed by atoms with Crippen LogP contribution in [0.1, 0.15) is 207 Å². The van der Waals surface area contributed by atoms with Crippen LogP contribution in [0.2, 0.25) is 0 Å². The second kappa shape index (κ2) is 37.9. The molecule has 0 aliphatic rings. The second-order valence-electron chi connectivity index (χ2n) is 14.5. The average Bonchev–Trinajstić information content (AvgIpc) is 3.09. The van der Waals surface area contributed by atoms with Gasteiger partial charge in [0.1, 0.15) is 6.10 Å². The minimum absolute atomic E-state index is 0.0113. The predicted molar refractivity (Wildman–Crippen MR) is 206 cm³/mol. The lowest BCUT2D eigenvalue weighted by Gasteiger charge is -2.21. The highest BCUT2D eigenvalue weighted by molar-refractivity contribution is 5.72. The number of ether oxygens (including phenoxy) is 3. The van der Waals surface area contributed by atoms with Crippen LogP contribution in [0.5, 0.6) is 0 Å². The molecule has 0 bridgehead atoms. The Morgan fingerprint density at radius 1 is 0.490 bits per heavy atom. The van der Waals surface area contributed by atoms with E-state index in [2.05, 4.69) is 32.6 Å². The molecule has 0 aromatic rings. The van der Waals surface area contributed by atoms with Gasteiger partial charge in [0.25, 0.3) is 0 Å². The molecule has 1 atom stereocenters. The summed E-state index contributed by atoms with van der Waals surface area (Å²) >= 11 is 0. The summed E-state index contributed by atoms with van der Waals surface area (Å²) in [6.45, 7) is 12.7. The number of hydrogen-bond acceptors (Lipinski definition) is 7. The zero-order valence-electron chi connectivity index (χ0n) is 33.1. The fourth-order valence-corrected chi connectivity index (χ4v) is 6.55. The highest BCUT2D eigenvalue weighted by atomic mass is 16.7. The van der Waals surface area contributed by atoms with Gasteiger partial charge in [0, 0.05) is 6.54 Å². The van der Waals surface area contributed by atoms with Gasteiger partial charge in [-0.25, -0.2) is 4.79 Å². The Morgan fingerprint density at radius 2 is 0.898 bits per heavy atom. The summed E-state index contributed by atoms with van der Waals surface area (Å²) in [5, 5.41) is 9.55. The lowest BCUT2D eigenvalue weighted by Crippen LogP contribution is -2.29. The first-order chi connectivity index (χ1) is 24.0. The number of unbranched alkanes of at least 4 members (excludes halogenated alkanes) is 18. The summed E-state index contributed by atoms with van der Waals surface area (Å²) < 4.78 is 16.8. The van der Waals surface area contributed by atoms with Crippen LogP contribution < -0.4 is 0 Å². The number of esters is 1. The van der Waals surface area contributed by atoms with E-state index in [9.17, 15) is 14.7 Å². The van der Waals surface area contributed by atoms with Gasteiger partial charge in [-0.3, -0.25) is 4.79 Å². The first-order valence-corrected chi connectivity index (χ1v) is 21.3. The van der Waals surface area contributed by atoms with E-state index in [0.717, 1.165) is 116 Å². The van der Waals surface area contributed by atoms with Crippen LogP contribution in [0.4, 0.5) is 4.79 Å². The van der Waals surface area contributed by atoms with Crippen LogP contribution in [0, 0.1) is 5.92 Å². The quantitative estimate of drug-likeness (QED) is 0.0507. The van der Waals surface area contributed by atoms with Gasteiger partial charge in [0.15, 0.2) is 0 Å². The van der Waals surface area contributed by atoms with Crippen molar-refractivity contribution in [3.63, 3.8) is 0 Å². The fourth-order valence-electron chi connectivity index (χ4n) is 6.55. The van der Waals surface area contributed by atoms with Crippen LogP contribution >= 0.6 is 0 Å². The Bertz CT molecular complexity index is 695. The van der Waals surface area contributed by atoms with Crippen molar-refractivity contribution in [2.24, 2.45) is 5.92 Å². The van der Waals surface area contributed by atoms with Gasteiger partial charge in [-0.1, -0.05) is 143 Å². The molecule has 0 amide bonds. The molecule has 0 saturated heterocycles. The highest BCUT2D eigenvalue weighted by Gasteiger charge is 2.19. The molecule has 0 aromatic heterocycles. The maximum Gasteiger partial charge on any atom is 0.508 e. The SMILES string of the molecule is CCCCCCCCC(CCCCCC)C(=O)OCCCCCCN(CCO)CCCCCCOC(=O)OC(CCCCC)CCCCC. The van der Waals surface area contributed by atoms with Crippen molar-refractivity contribution in [1.82, 2.24) is 4.90 Å². The van der Waals surface area contributed by atoms with Gasteiger partial charge >= 0.3 is 12.1 Å². The third kappa shape index (κ3) is 32.3. The summed E-state index contributed by atoms with van der Waals surface area (Å²) in [6.07, 6.45) is 30.9. The van der Waals surface area contributed by atoms with Crippen molar-refractivity contribution in [3.8, 4) is 0 Å². The summed E-state index contributed by atoms with van der Waals surface area (Å²) in [5.41, 5.74) is 0. The molecule has 292 valence electrons. The van der Waals surface area contributed by atoms with Gasteiger partial charge in [-0.15, -0.1) is 0 Å². The van der Waals surface area contributed by atoms with Crippen molar-refractivity contribution in [2.75, 3.05) is 39.5 Å². The Labute approximate surface area is 304 Å². The molecule has 0 fully saturated rings. The van der Waals surface area contributed by atoms with E-state index in [1.54, 1.807) is 0 Å². The van der Waals surface area contributed by atoms with Gasteiger partial charge in [-0.05, 0) is 77.3 Å². The van der Waals surface area contributed by atoms with Crippen LogP contribution in [0.15, 0.2) is 0 Å². The van der Waals surface area contributed by atoms with E-state index in [1.807, 2.05) is 0 Å². The minimum atomic E-state index is -0.504. The van der Waals surface area contributed by atoms with E-state index >= 15 is 0 Å². The third-order valence-corrected chi connectivity index (χ3v) is 9.79. The number of aliphatic hydroxyl groups excluding tert-OH is 1. The Hall–Kier alpha value is -1.34. The van der Waals surface area contributed by atoms with E-state index in [1.165, 1.54) is 77.0 Å². The average molecular weight is 698 g/mol. The van der Waals surface area contributed by atoms with E-state index in [4.69, 9.17) is 14.2 Å². The van der Waals surface area contributed by atoms with Gasteiger partial charge in [0.2, 0.25) is 0 Å². The molecule has 7 nitrogen and oxygen atoms in total. The largest absolute Gasteiger partial charge is 0.508 e. The monoisotopic (exact) mass is 698 g/mol. The summed E-state index contributed by atoms with van der Waals surface area (Å²) in [7, 11) is 0. The topological polar surface area (TPSA) is 85.3 Å². The van der Waals surface area contributed by atoms with Crippen LogP contribution in [0.25, 0.3) is 0 Å². The molecule has 49 heavy (non-hydrogen) atoms. The standard InChI is InChI=1S/C42H83NO6/c1-5-9-13-15-16-24-30-39(29-23-14-10-6-2)41(45)47-37-27-19-17-25-33-43(35-36-44)34-26-18-20-28-38-48-42(46)49-40(31-21-11-7-3)32-22-12-8-4/h39-40,44H,5-38H2,1-4H3. The molecule has 0 saturated carbocycles. The van der Waals surface area contributed by atoms with Crippen LogP contribution in [0.3, 0.4) is 0 Å². The molecule has 1 unspecified atom stereocenters. The second-order valence-corrected chi connectivity index (χ2v) is 14.5. The van der Waals surface area contributed by atoms with Gasteiger partial charge < -0.3 is 24.2 Å². The van der Waals surface area contributed by atoms with Crippen LogP contribution in [-0.2, 0) is 19.0 Å². The van der Waals surface area contributed by atoms with Crippen LogP contribution in [-0.4, -0.2) is 67.7 Å². The number of carbonyl (C=O) groups excluding carboxylic acids is 2.